The highest BCUT2D eigenvalue weighted by Crippen LogP contribution is 2.33. The Bertz CT molecular complexity index is 4180. The number of nitrogens with zero attached hydrogens (tertiary/aromatic N) is 8. The van der Waals surface area contributed by atoms with E-state index in [1.807, 2.05) is 76.5 Å². The zero-order valence-electron chi connectivity index (χ0n) is 57.5. The van der Waals surface area contributed by atoms with Crippen LogP contribution in [0.2, 0.25) is 0 Å². The fraction of sp³-hybridized carbons (Fsp3) is 0.333. The van der Waals surface area contributed by atoms with Gasteiger partial charge in [0.15, 0.2) is 0 Å². The van der Waals surface area contributed by atoms with E-state index in [-0.39, 0.29) is 57.8 Å². The molecule has 4 saturated heterocycles. The number of halogens is 1. The number of aliphatic hydroxyl groups excluding tert-OH is 1. The van der Waals surface area contributed by atoms with Gasteiger partial charge in [-0.2, -0.15) is 0 Å². The number of para-hydroxylation sites is 2. The van der Waals surface area contributed by atoms with Crippen molar-refractivity contribution in [1.29, 1.82) is 0 Å². The number of aliphatic hydroxyl groups is 1. The van der Waals surface area contributed by atoms with Crippen LogP contribution in [0.1, 0.15) is 103 Å². The lowest BCUT2D eigenvalue weighted by molar-refractivity contribution is -0.385. The van der Waals surface area contributed by atoms with Gasteiger partial charge >= 0.3 is 29.8 Å². The maximum atomic E-state index is 12.7. The first-order valence-electron chi connectivity index (χ1n) is 32.6. The highest BCUT2D eigenvalue weighted by atomic mass is 19.1. The number of ketones is 1. The van der Waals surface area contributed by atoms with Crippen molar-refractivity contribution >= 4 is 86.8 Å². The average Bonchev–Trinajstić information content (AvgIpc) is 0.853. The summed E-state index contributed by atoms with van der Waals surface area (Å²) in [6.07, 6.45) is 5.77. The van der Waals surface area contributed by atoms with Crippen molar-refractivity contribution in [2.24, 2.45) is 0 Å². The van der Waals surface area contributed by atoms with E-state index in [1.165, 1.54) is 64.8 Å². The van der Waals surface area contributed by atoms with Crippen LogP contribution < -0.4 is 34.8 Å². The molecule has 32 heteroatoms. The van der Waals surface area contributed by atoms with Crippen molar-refractivity contribution in [3.63, 3.8) is 0 Å². The number of nitro benzene ring substituents is 4. The van der Waals surface area contributed by atoms with Gasteiger partial charge in [-0.25, -0.2) is 28.4 Å². The number of carbonyl (C=O) groups excluding carboxylic acids is 6. The van der Waals surface area contributed by atoms with E-state index >= 15 is 0 Å². The number of nitro groups is 4. The highest BCUT2D eigenvalue weighted by molar-refractivity contribution is 5.98. The second kappa shape index (κ2) is 38.5. The Morgan fingerprint density at radius 2 is 0.683 bits per heavy atom. The first kappa shape index (κ1) is 79.0. The maximum Gasteiger partial charge on any atom is 0.344 e. The molecule has 550 valence electrons. The quantitative estimate of drug-likeness (QED) is 0.0281. The normalized spacial score (nSPS) is 14.4. The van der Waals surface area contributed by atoms with Gasteiger partial charge in [0.05, 0.1) is 66.9 Å². The van der Waals surface area contributed by atoms with Gasteiger partial charge in [-0.05, 0) is 104 Å². The number of carbonyl (C=O) groups is 6. The Morgan fingerprint density at radius 1 is 0.404 bits per heavy atom. The van der Waals surface area contributed by atoms with Crippen LogP contribution in [0.25, 0.3) is 0 Å². The predicted molar refractivity (Wildman–Crippen MR) is 378 cm³/mol. The second-order valence-corrected chi connectivity index (χ2v) is 23.5. The maximum absolute atomic E-state index is 12.7. The van der Waals surface area contributed by atoms with E-state index in [0.717, 1.165) is 106 Å². The number of anilines is 5. The van der Waals surface area contributed by atoms with Crippen LogP contribution in [0.4, 0.5) is 55.6 Å². The van der Waals surface area contributed by atoms with Crippen molar-refractivity contribution < 1.29 is 91.1 Å². The monoisotopic (exact) mass is 1440 g/mol. The molecule has 31 nitrogen and oxygen atoms in total. The van der Waals surface area contributed by atoms with Gasteiger partial charge in [-0.15, -0.1) is 0 Å². The number of rotatable bonds is 17. The molecule has 104 heavy (non-hydrogen) atoms. The standard InChI is InChI=1S/C19H20N2O5.C19H22N2O3.C13H16N2O5.C13H14N2O5.C8H6FNO4/c1-25-19(22)17-13-14(7-8-18(17)21(23)24)20-11-9-16(10-12-20)26-15-5-3-2-4-6-15;1-23-19(22)17-13-14(7-8-18(17)20)21-11-9-16(10-12-21)24-15-5-3-2-4-6-15;2*1-20-13(17)11-8-9(2-3-12(11)15(18)19)14-6-4-10(16)5-7-14;1-14-8(11)6-4-5(9)2-3-7(6)10(12)13/h2-8,13,16H,9-12H2,1H3;2-8,13,16H,9-12,20H2,1H3;2-3,8,10,16H,4-7H2,1H3;2-3,8H,4-7H2,1H3;2-4H,1H3. The minimum Gasteiger partial charge on any atom is -0.490 e. The molecule has 0 atom stereocenters. The van der Waals surface area contributed by atoms with Gasteiger partial charge < -0.3 is 63.6 Å². The second-order valence-electron chi connectivity index (χ2n) is 23.5. The predicted octanol–water partition coefficient (Wildman–Crippen LogP) is 10.9. The molecule has 0 aliphatic carbocycles. The zero-order valence-corrected chi connectivity index (χ0v) is 57.5. The summed E-state index contributed by atoms with van der Waals surface area (Å²) in [4.78, 5) is 118. The molecule has 4 heterocycles. The third-order valence-corrected chi connectivity index (χ3v) is 17.0. The number of piperidine rings is 4. The summed E-state index contributed by atoms with van der Waals surface area (Å²) in [5.41, 5.74) is 8.06. The van der Waals surface area contributed by atoms with Crippen molar-refractivity contribution in [2.75, 3.05) is 113 Å². The van der Waals surface area contributed by atoms with Crippen molar-refractivity contribution in [3.05, 3.63) is 226 Å². The minimum absolute atomic E-state index is 0.0299. The third-order valence-electron chi connectivity index (χ3n) is 17.0. The molecular formula is C72H78FN9O22. The van der Waals surface area contributed by atoms with E-state index < -0.39 is 66.6 Å². The average molecular weight is 1440 g/mol. The summed E-state index contributed by atoms with van der Waals surface area (Å²) in [7, 11) is 6.01. The van der Waals surface area contributed by atoms with Gasteiger partial charge in [0.1, 0.15) is 57.6 Å². The lowest BCUT2D eigenvalue weighted by atomic mass is 10.1. The molecule has 3 N–H and O–H groups in total. The van der Waals surface area contributed by atoms with Crippen molar-refractivity contribution in [1.82, 2.24) is 0 Å². The van der Waals surface area contributed by atoms with Crippen LogP contribution in [0, 0.1) is 46.3 Å². The van der Waals surface area contributed by atoms with E-state index in [2.05, 4.69) is 28.7 Å². The molecule has 4 fully saturated rings. The molecule has 7 aromatic rings. The molecule has 0 bridgehead atoms. The summed E-state index contributed by atoms with van der Waals surface area (Å²) >= 11 is 0. The number of Topliss-reactive ketones (excluding diaryl/α,β-unsaturated/α-hetero) is 1. The fourth-order valence-electron chi connectivity index (χ4n) is 11.4. The van der Waals surface area contributed by atoms with Gasteiger partial charge in [0.25, 0.3) is 22.7 Å². The molecular weight excluding hydrogens is 1360 g/mol. The third kappa shape index (κ3) is 22.1. The Balaban J connectivity index is 0.000000184. The first-order valence-corrected chi connectivity index (χ1v) is 32.6. The topological polar surface area (TPSA) is 399 Å². The first-order chi connectivity index (χ1) is 49.9. The number of hydrogen-bond donors (Lipinski definition) is 2. The number of nitrogen functional groups attached to an aromatic ring is 1. The summed E-state index contributed by atoms with van der Waals surface area (Å²) in [6, 6.07) is 41.0. The smallest absolute Gasteiger partial charge is 0.344 e. The molecule has 0 unspecified atom stereocenters. The molecule has 4 aliphatic heterocycles. The lowest BCUT2D eigenvalue weighted by Gasteiger charge is -2.34. The molecule has 11 rings (SSSR count). The van der Waals surface area contributed by atoms with Gasteiger partial charge in [-0.1, -0.05) is 36.4 Å². The van der Waals surface area contributed by atoms with Gasteiger partial charge in [0.2, 0.25) is 0 Å². The summed E-state index contributed by atoms with van der Waals surface area (Å²) < 4.78 is 47.6. The molecule has 4 aliphatic rings. The Kier molecular flexibility index (Phi) is 29.2. The van der Waals surface area contributed by atoms with Crippen molar-refractivity contribution in [2.45, 2.75) is 69.7 Å². The fourth-order valence-corrected chi connectivity index (χ4v) is 11.4. The van der Waals surface area contributed by atoms with Crippen LogP contribution in [-0.2, 0) is 28.5 Å². The molecule has 7 aromatic carbocycles. The van der Waals surface area contributed by atoms with E-state index in [4.69, 9.17) is 19.9 Å². The van der Waals surface area contributed by atoms with E-state index in [1.54, 1.807) is 30.3 Å². The van der Waals surface area contributed by atoms with Crippen LogP contribution in [0.15, 0.2) is 152 Å². The van der Waals surface area contributed by atoms with Crippen LogP contribution in [-0.4, -0.2) is 167 Å². The lowest BCUT2D eigenvalue weighted by Crippen LogP contribution is -2.38. The Hall–Kier alpha value is -12.4. The Morgan fingerprint density at radius 3 is 1.01 bits per heavy atom. The summed E-state index contributed by atoms with van der Waals surface area (Å²) in [6.45, 7) is 5.66. The molecule has 0 aromatic heterocycles. The van der Waals surface area contributed by atoms with E-state index in [0.29, 0.717) is 68.8 Å². The largest absolute Gasteiger partial charge is 0.490 e. The number of nitrogens with two attached hydrogens (primary N) is 1. The molecule has 0 amide bonds. The SMILES string of the molecule is COC(=O)c1cc(F)ccc1[N+](=O)[O-].COC(=O)c1cc(N2CCC(=O)CC2)ccc1[N+](=O)[O-].COC(=O)c1cc(N2CCC(O)CC2)ccc1[N+](=O)[O-].COC(=O)c1cc(N2CCC(Oc3ccccc3)CC2)ccc1N.COC(=O)c1cc(N2CCC(Oc3ccccc3)CC2)ccc1[N+](=O)[O-]. The number of benzene rings is 7. The summed E-state index contributed by atoms with van der Waals surface area (Å²) in [5, 5.41) is 52.9. The highest BCUT2D eigenvalue weighted by Gasteiger charge is 2.30. The van der Waals surface area contributed by atoms with Gasteiger partial charge in [0, 0.05) is 144 Å². The van der Waals surface area contributed by atoms with Gasteiger partial charge in [-0.3, -0.25) is 45.3 Å². The number of methoxy groups -OCH3 is 5. The number of esters is 5. The number of ether oxygens (including phenoxy) is 7. The van der Waals surface area contributed by atoms with E-state index in [9.17, 15) is 78.7 Å². The zero-order chi connectivity index (χ0) is 75.6. The molecule has 0 radical (unpaired) electrons. The Labute approximate surface area is 595 Å². The minimum atomic E-state index is -0.934. The number of hydrogen-bond acceptors (Lipinski definition) is 27. The van der Waals surface area contributed by atoms with Crippen molar-refractivity contribution in [3.8, 4) is 11.5 Å². The molecule has 0 spiro atoms. The van der Waals surface area contributed by atoms with Crippen LogP contribution in [0.5, 0.6) is 11.5 Å². The molecule has 0 saturated carbocycles. The van der Waals surface area contributed by atoms with Crippen LogP contribution in [0.3, 0.4) is 0 Å². The summed E-state index contributed by atoms with van der Waals surface area (Å²) in [5.74, 6) is -2.27. The van der Waals surface area contributed by atoms with Crippen LogP contribution >= 0.6 is 0 Å².